The predicted molar refractivity (Wildman–Crippen MR) is 46.7 cm³/mol. The number of carboxylic acid groups (broad SMARTS) is 1. The topological polar surface area (TPSA) is 83.5 Å². The molecular formula is C7H13NO4S. The number of hydrogen-bond donors (Lipinski definition) is 2. The molecule has 0 saturated heterocycles. The third-order valence-electron chi connectivity index (χ3n) is 2.16. The average Bonchev–Trinajstić information content (AvgIpc) is 2.31. The summed E-state index contributed by atoms with van der Waals surface area (Å²) in [6.07, 6.45) is 2.66. The van der Waals surface area contributed by atoms with Crippen LogP contribution in [0.15, 0.2) is 0 Å². The van der Waals surface area contributed by atoms with Gasteiger partial charge in [-0.1, -0.05) is 0 Å². The van der Waals surface area contributed by atoms with E-state index in [2.05, 4.69) is 4.72 Å². The van der Waals surface area contributed by atoms with Crippen LogP contribution in [0.1, 0.15) is 19.3 Å². The molecule has 5 nitrogen and oxygen atoms in total. The Morgan fingerprint density at radius 1 is 1.46 bits per heavy atom. The van der Waals surface area contributed by atoms with Crippen molar-refractivity contribution in [2.24, 2.45) is 5.92 Å². The molecule has 0 aromatic heterocycles. The van der Waals surface area contributed by atoms with Crippen LogP contribution in [0.5, 0.6) is 0 Å². The van der Waals surface area contributed by atoms with Gasteiger partial charge in [-0.3, -0.25) is 4.79 Å². The Labute approximate surface area is 77.2 Å². The molecule has 13 heavy (non-hydrogen) atoms. The minimum Gasteiger partial charge on any atom is -0.481 e. The van der Waals surface area contributed by atoms with Crippen LogP contribution in [0, 0.1) is 5.92 Å². The van der Waals surface area contributed by atoms with Crippen LogP contribution in [0.4, 0.5) is 0 Å². The highest BCUT2D eigenvalue weighted by molar-refractivity contribution is 7.88. The highest BCUT2D eigenvalue weighted by atomic mass is 32.2. The second-order valence-corrected chi connectivity index (χ2v) is 5.22. The molecular weight excluding hydrogens is 194 g/mol. The fourth-order valence-electron chi connectivity index (χ4n) is 1.62. The smallest absolute Gasteiger partial charge is 0.306 e. The Morgan fingerprint density at radius 3 is 2.46 bits per heavy atom. The number of aliphatic carboxylic acids is 1. The Hall–Kier alpha value is -0.620. The molecule has 0 aromatic rings. The molecule has 0 radical (unpaired) electrons. The van der Waals surface area contributed by atoms with Crippen molar-refractivity contribution in [2.45, 2.75) is 25.3 Å². The van der Waals surface area contributed by atoms with Crippen molar-refractivity contribution in [1.82, 2.24) is 4.72 Å². The van der Waals surface area contributed by atoms with Gasteiger partial charge in [0.15, 0.2) is 0 Å². The fourth-order valence-corrected chi connectivity index (χ4v) is 2.44. The van der Waals surface area contributed by atoms with Gasteiger partial charge in [0.25, 0.3) is 0 Å². The van der Waals surface area contributed by atoms with Crippen LogP contribution in [0.2, 0.25) is 0 Å². The van der Waals surface area contributed by atoms with Crippen LogP contribution in [0.3, 0.4) is 0 Å². The second-order valence-electron chi connectivity index (χ2n) is 3.44. The van der Waals surface area contributed by atoms with Gasteiger partial charge in [0.05, 0.1) is 12.2 Å². The molecule has 0 unspecified atom stereocenters. The summed E-state index contributed by atoms with van der Waals surface area (Å²) in [5, 5.41) is 8.65. The molecule has 0 heterocycles. The third kappa shape index (κ3) is 3.31. The van der Waals surface area contributed by atoms with Crippen molar-refractivity contribution in [1.29, 1.82) is 0 Å². The average molecular weight is 207 g/mol. The van der Waals surface area contributed by atoms with Crippen molar-refractivity contribution in [3.63, 3.8) is 0 Å². The molecule has 2 atom stereocenters. The van der Waals surface area contributed by atoms with Gasteiger partial charge in [0.2, 0.25) is 10.0 Å². The lowest BCUT2D eigenvalue weighted by Crippen LogP contribution is -2.32. The van der Waals surface area contributed by atoms with E-state index in [0.717, 1.165) is 6.26 Å². The zero-order chi connectivity index (χ0) is 10.1. The maximum Gasteiger partial charge on any atom is 0.306 e. The van der Waals surface area contributed by atoms with Gasteiger partial charge < -0.3 is 5.11 Å². The third-order valence-corrected chi connectivity index (χ3v) is 2.92. The molecule has 0 bridgehead atoms. The van der Waals surface area contributed by atoms with Gasteiger partial charge in [-0.15, -0.1) is 0 Å². The lowest BCUT2D eigenvalue weighted by atomic mass is 10.1. The summed E-state index contributed by atoms with van der Waals surface area (Å²) in [4.78, 5) is 10.5. The molecule has 0 amide bonds. The van der Waals surface area contributed by atoms with E-state index in [1.165, 1.54) is 0 Å². The monoisotopic (exact) mass is 207 g/mol. The van der Waals surface area contributed by atoms with Gasteiger partial charge in [-0.2, -0.15) is 0 Å². The van der Waals surface area contributed by atoms with E-state index in [1.807, 2.05) is 0 Å². The molecule has 76 valence electrons. The van der Waals surface area contributed by atoms with Crippen molar-refractivity contribution < 1.29 is 18.3 Å². The predicted octanol–water partition coefficient (Wildman–Crippen LogP) is -0.211. The molecule has 0 aromatic carbocycles. The lowest BCUT2D eigenvalue weighted by molar-refractivity contribution is -0.141. The van der Waals surface area contributed by atoms with Gasteiger partial charge in [-0.25, -0.2) is 13.1 Å². The van der Waals surface area contributed by atoms with E-state index in [4.69, 9.17) is 5.11 Å². The van der Waals surface area contributed by atoms with Gasteiger partial charge in [-0.05, 0) is 19.3 Å². The van der Waals surface area contributed by atoms with Gasteiger partial charge >= 0.3 is 5.97 Å². The van der Waals surface area contributed by atoms with E-state index in [0.29, 0.717) is 19.3 Å². The summed E-state index contributed by atoms with van der Waals surface area (Å²) in [7, 11) is -3.20. The molecule has 0 spiro atoms. The van der Waals surface area contributed by atoms with Crippen molar-refractivity contribution in [2.75, 3.05) is 6.26 Å². The first kappa shape index (κ1) is 10.5. The molecule has 1 saturated carbocycles. The van der Waals surface area contributed by atoms with Crippen LogP contribution in [-0.4, -0.2) is 31.8 Å². The minimum atomic E-state index is -3.20. The van der Waals surface area contributed by atoms with Crippen LogP contribution in [0.25, 0.3) is 0 Å². The second kappa shape index (κ2) is 3.63. The maximum absolute atomic E-state index is 10.8. The number of sulfonamides is 1. The normalized spacial score (nSPS) is 29.0. The summed E-state index contributed by atoms with van der Waals surface area (Å²) in [5.74, 6) is -1.22. The standard InChI is InChI=1S/C7H13NO4S/c1-13(11,12)8-6-3-2-5(4-6)7(9)10/h5-6,8H,2-4H2,1H3,(H,9,10)/t5-,6-/m1/s1. The fraction of sp³-hybridized carbons (Fsp3) is 0.857. The zero-order valence-electron chi connectivity index (χ0n) is 7.36. The summed E-state index contributed by atoms with van der Waals surface area (Å²) >= 11 is 0. The molecule has 0 aliphatic heterocycles. The van der Waals surface area contributed by atoms with Crippen LogP contribution in [-0.2, 0) is 14.8 Å². The highest BCUT2D eigenvalue weighted by Crippen LogP contribution is 2.25. The van der Waals surface area contributed by atoms with E-state index in [9.17, 15) is 13.2 Å². The molecule has 1 fully saturated rings. The molecule has 1 rings (SSSR count). The number of rotatable bonds is 3. The van der Waals surface area contributed by atoms with Gasteiger partial charge in [0, 0.05) is 6.04 Å². The largest absolute Gasteiger partial charge is 0.481 e. The molecule has 6 heteroatoms. The first-order valence-electron chi connectivity index (χ1n) is 4.08. The number of carbonyl (C=O) groups is 1. The maximum atomic E-state index is 10.8. The van der Waals surface area contributed by atoms with E-state index >= 15 is 0 Å². The quantitative estimate of drug-likeness (QED) is 0.670. The van der Waals surface area contributed by atoms with Gasteiger partial charge in [0.1, 0.15) is 0 Å². The Kier molecular flexibility index (Phi) is 2.92. The van der Waals surface area contributed by atoms with Crippen molar-refractivity contribution >= 4 is 16.0 Å². The van der Waals surface area contributed by atoms with E-state index in [-0.39, 0.29) is 12.0 Å². The summed E-state index contributed by atoms with van der Waals surface area (Å²) in [6, 6.07) is -0.198. The summed E-state index contributed by atoms with van der Waals surface area (Å²) in [6.45, 7) is 0. The molecule has 2 N–H and O–H groups in total. The lowest BCUT2D eigenvalue weighted by Gasteiger charge is -2.09. The highest BCUT2D eigenvalue weighted by Gasteiger charge is 2.30. The van der Waals surface area contributed by atoms with Crippen LogP contribution < -0.4 is 4.72 Å². The van der Waals surface area contributed by atoms with Crippen molar-refractivity contribution in [3.05, 3.63) is 0 Å². The van der Waals surface area contributed by atoms with Crippen molar-refractivity contribution in [3.8, 4) is 0 Å². The molecule has 1 aliphatic carbocycles. The Morgan fingerprint density at radius 2 is 2.08 bits per heavy atom. The Bertz CT molecular complexity index is 298. The first-order chi connectivity index (χ1) is 5.88. The summed E-state index contributed by atoms with van der Waals surface area (Å²) in [5.41, 5.74) is 0. The minimum absolute atomic E-state index is 0.198. The van der Waals surface area contributed by atoms with E-state index < -0.39 is 16.0 Å². The van der Waals surface area contributed by atoms with Crippen LogP contribution >= 0.6 is 0 Å². The zero-order valence-corrected chi connectivity index (χ0v) is 8.17. The SMILES string of the molecule is CS(=O)(=O)N[C@@H]1CC[C@@H](C(=O)O)C1. The summed E-state index contributed by atoms with van der Waals surface area (Å²) < 4.78 is 24.0. The number of nitrogens with one attached hydrogen (secondary N) is 1. The first-order valence-corrected chi connectivity index (χ1v) is 5.98. The number of hydrogen-bond acceptors (Lipinski definition) is 3. The van der Waals surface area contributed by atoms with E-state index in [1.54, 1.807) is 0 Å². The molecule has 1 aliphatic rings. The number of carboxylic acids is 1. The Balaban J connectivity index is 2.47.